The van der Waals surface area contributed by atoms with Crippen molar-refractivity contribution in [3.63, 3.8) is 0 Å². The van der Waals surface area contributed by atoms with Gasteiger partial charge in [-0.1, -0.05) is 0 Å². The van der Waals surface area contributed by atoms with Gasteiger partial charge in [0.25, 0.3) is 0 Å². The first-order valence-electron chi connectivity index (χ1n) is 3.64. The minimum Gasteiger partial charge on any atom is -0.235 e. The van der Waals surface area contributed by atoms with Gasteiger partial charge in [0.1, 0.15) is 5.82 Å². The van der Waals surface area contributed by atoms with Crippen molar-refractivity contribution < 1.29 is 0 Å². The third kappa shape index (κ3) is 2.26. The first-order valence-corrected chi connectivity index (χ1v) is 6.11. The van der Waals surface area contributed by atoms with E-state index in [1.54, 1.807) is 23.1 Å². The van der Waals surface area contributed by atoms with Gasteiger partial charge in [0.15, 0.2) is 8.68 Å². The Labute approximate surface area is 88.4 Å². The molecule has 0 bridgehead atoms. The van der Waals surface area contributed by atoms with E-state index in [1.165, 1.54) is 11.5 Å². The van der Waals surface area contributed by atoms with E-state index in [-0.39, 0.29) is 0 Å². The molecular formula is C7H7N3S3. The maximum Gasteiger partial charge on any atom is 0.177 e. The highest BCUT2D eigenvalue weighted by Crippen LogP contribution is 2.30. The molecule has 0 amide bonds. The molecule has 0 radical (unpaired) electrons. The summed E-state index contributed by atoms with van der Waals surface area (Å²) in [6.45, 7) is 3.89. The van der Waals surface area contributed by atoms with Gasteiger partial charge in [-0.25, -0.2) is 9.97 Å². The molecule has 3 nitrogen and oxygen atoms in total. The van der Waals surface area contributed by atoms with Gasteiger partial charge in [0.2, 0.25) is 0 Å². The summed E-state index contributed by atoms with van der Waals surface area (Å²) >= 11 is 4.65. The quantitative estimate of drug-likeness (QED) is 0.793. The fourth-order valence-electron chi connectivity index (χ4n) is 0.773. The maximum atomic E-state index is 4.34. The Morgan fingerprint density at radius 3 is 2.62 bits per heavy atom. The van der Waals surface area contributed by atoms with Gasteiger partial charge in [-0.15, -0.1) is 11.3 Å². The van der Waals surface area contributed by atoms with E-state index in [9.17, 15) is 0 Å². The monoisotopic (exact) mass is 229 g/mol. The fourth-order valence-corrected chi connectivity index (χ4v) is 3.46. The van der Waals surface area contributed by atoms with Crippen LogP contribution in [0.3, 0.4) is 0 Å². The standard InChI is InChI=1S/C7H7N3S3/c1-4-3-11-6(8-4)12-7-9-5(2)10-13-7/h3H,1-2H3. The number of aromatic nitrogens is 3. The van der Waals surface area contributed by atoms with Crippen LogP contribution in [0.25, 0.3) is 0 Å². The molecule has 2 aromatic rings. The lowest BCUT2D eigenvalue weighted by molar-refractivity contribution is 1.09. The zero-order valence-corrected chi connectivity index (χ0v) is 9.59. The van der Waals surface area contributed by atoms with E-state index in [0.717, 1.165) is 20.2 Å². The summed E-state index contributed by atoms with van der Waals surface area (Å²) in [5.74, 6) is 0.834. The highest BCUT2D eigenvalue weighted by atomic mass is 32.2. The van der Waals surface area contributed by atoms with Crippen molar-refractivity contribution in [3.8, 4) is 0 Å². The van der Waals surface area contributed by atoms with Crippen molar-refractivity contribution in [3.05, 3.63) is 16.9 Å². The Morgan fingerprint density at radius 2 is 2.08 bits per heavy atom. The van der Waals surface area contributed by atoms with Gasteiger partial charge in [-0.3, -0.25) is 0 Å². The normalized spacial score (nSPS) is 10.6. The molecule has 0 aliphatic carbocycles. The Kier molecular flexibility index (Phi) is 2.61. The molecule has 0 aromatic carbocycles. The van der Waals surface area contributed by atoms with Crippen molar-refractivity contribution in [1.82, 2.24) is 14.3 Å². The van der Waals surface area contributed by atoms with Crippen molar-refractivity contribution in [2.45, 2.75) is 22.5 Å². The van der Waals surface area contributed by atoms with Crippen LogP contribution in [0.4, 0.5) is 0 Å². The summed E-state index contributed by atoms with van der Waals surface area (Å²) in [5.41, 5.74) is 1.06. The molecular weight excluding hydrogens is 222 g/mol. The molecule has 68 valence electrons. The van der Waals surface area contributed by atoms with Crippen molar-refractivity contribution in [2.75, 3.05) is 0 Å². The van der Waals surface area contributed by atoms with Crippen LogP contribution in [0.1, 0.15) is 11.5 Å². The smallest absolute Gasteiger partial charge is 0.177 e. The predicted molar refractivity (Wildman–Crippen MR) is 55.6 cm³/mol. The second-order valence-electron chi connectivity index (χ2n) is 2.46. The van der Waals surface area contributed by atoms with E-state index in [4.69, 9.17) is 0 Å². The Hall–Kier alpha value is -0.460. The summed E-state index contributed by atoms with van der Waals surface area (Å²) in [7, 11) is 0. The lowest BCUT2D eigenvalue weighted by Crippen LogP contribution is -1.73. The predicted octanol–water partition coefficient (Wildman–Crippen LogP) is 2.76. The molecule has 0 N–H and O–H groups in total. The van der Waals surface area contributed by atoms with Crippen LogP contribution < -0.4 is 0 Å². The van der Waals surface area contributed by atoms with Crippen LogP contribution in [0, 0.1) is 13.8 Å². The van der Waals surface area contributed by atoms with Gasteiger partial charge in [0.05, 0.1) is 0 Å². The number of hydrogen-bond acceptors (Lipinski definition) is 6. The SMILES string of the molecule is Cc1csc(Sc2nc(C)ns2)n1. The molecule has 0 spiro atoms. The summed E-state index contributed by atoms with van der Waals surface area (Å²) in [6, 6.07) is 0. The second kappa shape index (κ2) is 3.73. The van der Waals surface area contributed by atoms with Crippen LogP contribution in [0.2, 0.25) is 0 Å². The summed E-state index contributed by atoms with van der Waals surface area (Å²) in [6.07, 6.45) is 0. The minimum atomic E-state index is 0.834. The van der Waals surface area contributed by atoms with Crippen molar-refractivity contribution >= 4 is 34.6 Å². The fraction of sp³-hybridized carbons (Fsp3) is 0.286. The number of nitrogens with zero attached hydrogens (tertiary/aromatic N) is 3. The minimum absolute atomic E-state index is 0.834. The molecule has 0 aliphatic rings. The van der Waals surface area contributed by atoms with Crippen LogP contribution in [0.5, 0.6) is 0 Å². The van der Waals surface area contributed by atoms with Gasteiger partial charge >= 0.3 is 0 Å². The molecule has 13 heavy (non-hydrogen) atoms. The van der Waals surface area contributed by atoms with Crippen molar-refractivity contribution in [2.24, 2.45) is 0 Å². The number of aryl methyl sites for hydroxylation is 2. The molecule has 0 saturated heterocycles. The summed E-state index contributed by atoms with van der Waals surface area (Å²) in [5, 5.41) is 2.04. The zero-order chi connectivity index (χ0) is 9.26. The maximum absolute atomic E-state index is 4.34. The van der Waals surface area contributed by atoms with E-state index >= 15 is 0 Å². The lowest BCUT2D eigenvalue weighted by atomic mass is 10.6. The average molecular weight is 229 g/mol. The second-order valence-corrected chi connectivity index (χ2v) is 5.57. The van der Waals surface area contributed by atoms with E-state index < -0.39 is 0 Å². The van der Waals surface area contributed by atoms with Crippen LogP contribution >= 0.6 is 34.6 Å². The zero-order valence-electron chi connectivity index (χ0n) is 7.14. The van der Waals surface area contributed by atoms with Crippen LogP contribution in [0.15, 0.2) is 14.1 Å². The van der Waals surface area contributed by atoms with E-state index in [0.29, 0.717) is 0 Å². The molecule has 0 fully saturated rings. The van der Waals surface area contributed by atoms with E-state index in [2.05, 4.69) is 14.3 Å². The first-order chi connectivity index (χ1) is 6.24. The number of rotatable bonds is 2. The third-order valence-corrected chi connectivity index (χ3v) is 4.18. The third-order valence-electron chi connectivity index (χ3n) is 1.28. The van der Waals surface area contributed by atoms with Crippen LogP contribution in [-0.4, -0.2) is 14.3 Å². The lowest BCUT2D eigenvalue weighted by Gasteiger charge is -1.86. The Bertz CT molecular complexity index is 368. The number of thiazole rings is 1. The average Bonchev–Trinajstić information content (AvgIpc) is 2.62. The molecule has 0 saturated carbocycles. The summed E-state index contributed by atoms with van der Waals surface area (Å²) < 4.78 is 6.11. The Morgan fingerprint density at radius 1 is 1.23 bits per heavy atom. The van der Waals surface area contributed by atoms with Gasteiger partial charge < -0.3 is 0 Å². The molecule has 6 heteroatoms. The molecule has 2 aromatic heterocycles. The van der Waals surface area contributed by atoms with Crippen molar-refractivity contribution in [1.29, 1.82) is 0 Å². The highest BCUT2D eigenvalue weighted by molar-refractivity contribution is 8.02. The summed E-state index contributed by atoms with van der Waals surface area (Å²) in [4.78, 5) is 8.59. The largest absolute Gasteiger partial charge is 0.235 e. The Balaban J connectivity index is 2.14. The molecule has 2 heterocycles. The topological polar surface area (TPSA) is 38.7 Å². The highest BCUT2D eigenvalue weighted by Gasteiger charge is 2.05. The van der Waals surface area contributed by atoms with E-state index in [1.807, 2.05) is 19.2 Å². The first kappa shape index (κ1) is 9.11. The molecule has 0 unspecified atom stereocenters. The van der Waals surface area contributed by atoms with Gasteiger partial charge in [-0.2, -0.15) is 4.37 Å². The molecule has 0 aliphatic heterocycles. The van der Waals surface area contributed by atoms with Crippen LogP contribution in [-0.2, 0) is 0 Å². The number of hydrogen-bond donors (Lipinski definition) is 0. The molecule has 0 atom stereocenters. The van der Waals surface area contributed by atoms with Gasteiger partial charge in [0, 0.05) is 11.1 Å². The van der Waals surface area contributed by atoms with Gasteiger partial charge in [-0.05, 0) is 37.1 Å². The molecule has 2 rings (SSSR count).